The van der Waals surface area contributed by atoms with Gasteiger partial charge in [0, 0.05) is 38.4 Å². The van der Waals surface area contributed by atoms with Crippen molar-refractivity contribution >= 4 is 5.91 Å². The van der Waals surface area contributed by atoms with Crippen LogP contribution in [0, 0.1) is 11.8 Å². The average molecular weight is 319 g/mol. The van der Waals surface area contributed by atoms with Crippen molar-refractivity contribution in [2.45, 2.75) is 44.9 Å². The molecule has 1 aromatic rings. The number of aromatic nitrogens is 2. The maximum Gasteiger partial charge on any atom is 0.252 e. The summed E-state index contributed by atoms with van der Waals surface area (Å²) in [5.74, 6) is 1.19. The molecule has 0 aromatic carbocycles. The Morgan fingerprint density at radius 1 is 1.26 bits per heavy atom. The Bertz CT molecular complexity index is 549. The van der Waals surface area contributed by atoms with Gasteiger partial charge in [-0.25, -0.2) is 0 Å². The third-order valence-electron chi connectivity index (χ3n) is 4.99. The van der Waals surface area contributed by atoms with Gasteiger partial charge in [0.05, 0.1) is 18.8 Å². The zero-order chi connectivity index (χ0) is 15.6. The van der Waals surface area contributed by atoms with Gasteiger partial charge < -0.3 is 14.4 Å². The lowest BCUT2D eigenvalue weighted by atomic mass is 10.1. The van der Waals surface area contributed by atoms with E-state index in [9.17, 15) is 4.79 Å². The largest absolute Gasteiger partial charge is 0.381 e. The smallest absolute Gasteiger partial charge is 0.252 e. The van der Waals surface area contributed by atoms with Gasteiger partial charge in [0.2, 0.25) is 0 Å². The first kappa shape index (κ1) is 15.1. The summed E-state index contributed by atoms with van der Waals surface area (Å²) >= 11 is 0. The molecule has 3 aliphatic rings. The molecule has 2 atom stereocenters. The summed E-state index contributed by atoms with van der Waals surface area (Å²) in [6.45, 7) is 4.44. The first-order valence-corrected chi connectivity index (χ1v) is 8.78. The number of nitrogens with zero attached hydrogens (tertiary/aromatic N) is 3. The molecule has 1 saturated carbocycles. The summed E-state index contributed by atoms with van der Waals surface area (Å²) in [7, 11) is 0. The van der Waals surface area contributed by atoms with Crippen LogP contribution in [0.4, 0.5) is 0 Å². The summed E-state index contributed by atoms with van der Waals surface area (Å²) in [4.78, 5) is 14.7. The zero-order valence-electron chi connectivity index (χ0n) is 13.5. The van der Waals surface area contributed by atoms with Crippen LogP contribution in [-0.4, -0.2) is 53.1 Å². The van der Waals surface area contributed by atoms with Crippen molar-refractivity contribution in [1.29, 1.82) is 0 Å². The van der Waals surface area contributed by atoms with Crippen LogP contribution in [0.1, 0.15) is 31.4 Å². The number of hydrogen-bond acceptors (Lipinski definition) is 4. The number of rotatable bonds is 5. The van der Waals surface area contributed by atoms with Gasteiger partial charge in [0.25, 0.3) is 5.91 Å². The summed E-state index contributed by atoms with van der Waals surface area (Å²) < 4.78 is 13.5. The summed E-state index contributed by atoms with van der Waals surface area (Å²) in [5.41, 5.74) is 1.10. The van der Waals surface area contributed by atoms with Gasteiger partial charge in [-0.2, -0.15) is 5.10 Å². The molecule has 23 heavy (non-hydrogen) atoms. The lowest BCUT2D eigenvalue weighted by Crippen LogP contribution is -2.41. The van der Waals surface area contributed by atoms with Crippen molar-refractivity contribution in [2.24, 2.45) is 11.8 Å². The van der Waals surface area contributed by atoms with Crippen LogP contribution in [0.2, 0.25) is 0 Å². The number of ether oxygens (including phenoxy) is 2. The van der Waals surface area contributed by atoms with Gasteiger partial charge in [0.1, 0.15) is 6.10 Å². The van der Waals surface area contributed by atoms with Gasteiger partial charge in [-0.05, 0) is 37.7 Å². The molecule has 0 spiro atoms. The molecule has 1 aliphatic carbocycles. The van der Waals surface area contributed by atoms with E-state index >= 15 is 0 Å². The molecule has 0 unspecified atom stereocenters. The van der Waals surface area contributed by atoms with Crippen LogP contribution in [0.5, 0.6) is 0 Å². The van der Waals surface area contributed by atoms with Crippen LogP contribution >= 0.6 is 0 Å². The van der Waals surface area contributed by atoms with Crippen LogP contribution in [0.15, 0.2) is 12.3 Å². The van der Waals surface area contributed by atoms with E-state index in [1.807, 2.05) is 21.8 Å². The fourth-order valence-corrected chi connectivity index (χ4v) is 3.47. The molecule has 2 aliphatic heterocycles. The predicted octanol–water partition coefficient (Wildman–Crippen LogP) is 1.45. The van der Waals surface area contributed by atoms with Gasteiger partial charge in [0.15, 0.2) is 0 Å². The molecule has 3 heterocycles. The highest BCUT2D eigenvalue weighted by Gasteiger charge is 2.32. The van der Waals surface area contributed by atoms with E-state index in [1.165, 1.54) is 12.8 Å². The summed E-state index contributed by atoms with van der Waals surface area (Å²) in [5, 5.41) is 4.41. The Kier molecular flexibility index (Phi) is 4.35. The van der Waals surface area contributed by atoms with Crippen molar-refractivity contribution in [2.75, 3.05) is 26.4 Å². The topological polar surface area (TPSA) is 56.6 Å². The molecule has 6 nitrogen and oxygen atoms in total. The van der Waals surface area contributed by atoms with E-state index in [-0.39, 0.29) is 12.0 Å². The highest BCUT2D eigenvalue weighted by molar-refractivity contribution is 5.81. The fourth-order valence-electron chi connectivity index (χ4n) is 3.47. The lowest BCUT2D eigenvalue weighted by Gasteiger charge is -2.26. The fraction of sp³-hybridized carbons (Fsp3) is 0.765. The minimum atomic E-state index is -0.252. The Balaban J connectivity index is 1.43. The monoisotopic (exact) mass is 319 g/mol. The minimum Gasteiger partial charge on any atom is -0.381 e. The highest BCUT2D eigenvalue weighted by Crippen LogP contribution is 2.29. The first-order valence-electron chi connectivity index (χ1n) is 8.78. The van der Waals surface area contributed by atoms with Crippen LogP contribution in [0.3, 0.4) is 0 Å². The molecule has 1 saturated heterocycles. The molecule has 0 N–H and O–H groups in total. The molecule has 0 bridgehead atoms. The molecule has 0 radical (unpaired) electrons. The van der Waals surface area contributed by atoms with Crippen LogP contribution in [0.25, 0.3) is 0 Å². The molecular formula is C17H25N3O3. The van der Waals surface area contributed by atoms with E-state index in [1.54, 1.807) is 0 Å². The minimum absolute atomic E-state index is 0.129. The van der Waals surface area contributed by atoms with E-state index < -0.39 is 0 Å². The number of carbonyl (C=O) groups excluding carboxylic acids is 1. The predicted molar refractivity (Wildman–Crippen MR) is 83.7 cm³/mol. The van der Waals surface area contributed by atoms with Gasteiger partial charge in [-0.3, -0.25) is 9.48 Å². The van der Waals surface area contributed by atoms with Crippen LogP contribution < -0.4 is 0 Å². The van der Waals surface area contributed by atoms with Crippen LogP contribution in [-0.2, 0) is 27.4 Å². The van der Waals surface area contributed by atoms with Crippen molar-refractivity contribution < 1.29 is 14.3 Å². The summed E-state index contributed by atoms with van der Waals surface area (Å²) in [6.07, 6.45) is 6.00. The highest BCUT2D eigenvalue weighted by atomic mass is 16.5. The second kappa shape index (κ2) is 6.61. The third kappa shape index (κ3) is 3.58. The number of fused-ring (bicyclic) bond motifs is 1. The second-order valence-corrected chi connectivity index (χ2v) is 7.07. The van der Waals surface area contributed by atoms with E-state index in [4.69, 9.17) is 9.47 Å². The maximum absolute atomic E-state index is 12.8. The number of amides is 1. The SMILES string of the molecule is O=C([C@H]1CCCO1)N1Cc2ccnn2C[C@@H](COCC2CC2)C1. The Morgan fingerprint density at radius 2 is 2.13 bits per heavy atom. The van der Waals surface area contributed by atoms with Crippen molar-refractivity contribution in [3.63, 3.8) is 0 Å². The first-order chi connectivity index (χ1) is 11.3. The zero-order valence-corrected chi connectivity index (χ0v) is 13.5. The molecule has 126 valence electrons. The second-order valence-electron chi connectivity index (χ2n) is 7.07. The maximum atomic E-state index is 12.8. The number of hydrogen-bond donors (Lipinski definition) is 0. The van der Waals surface area contributed by atoms with Gasteiger partial charge in [-0.1, -0.05) is 0 Å². The molecule has 1 amide bonds. The third-order valence-corrected chi connectivity index (χ3v) is 4.99. The Hall–Kier alpha value is -1.40. The van der Waals surface area contributed by atoms with E-state index in [0.717, 1.165) is 44.1 Å². The van der Waals surface area contributed by atoms with Gasteiger partial charge >= 0.3 is 0 Å². The normalized spacial score (nSPS) is 27.7. The van der Waals surface area contributed by atoms with E-state index in [2.05, 4.69) is 5.10 Å². The molecule has 1 aromatic heterocycles. The number of carbonyl (C=O) groups is 1. The summed E-state index contributed by atoms with van der Waals surface area (Å²) in [6, 6.07) is 2.00. The average Bonchev–Trinajstić information content (AvgIpc) is 3.07. The molecule has 6 heteroatoms. The molecule has 4 rings (SSSR count). The molecular weight excluding hydrogens is 294 g/mol. The lowest BCUT2D eigenvalue weighted by molar-refractivity contribution is -0.142. The van der Waals surface area contributed by atoms with Gasteiger partial charge in [-0.15, -0.1) is 0 Å². The van der Waals surface area contributed by atoms with Crippen molar-refractivity contribution in [3.8, 4) is 0 Å². The Morgan fingerprint density at radius 3 is 2.91 bits per heavy atom. The van der Waals surface area contributed by atoms with Crippen molar-refractivity contribution in [1.82, 2.24) is 14.7 Å². The van der Waals surface area contributed by atoms with Crippen molar-refractivity contribution in [3.05, 3.63) is 18.0 Å². The molecule has 2 fully saturated rings. The quantitative estimate of drug-likeness (QED) is 0.824. The standard InChI is InChI=1S/C17H25N3O3/c21-17(16-2-1-7-23-16)19-8-14(12-22-11-13-3-4-13)9-20-15(10-19)5-6-18-20/h5-6,13-14,16H,1-4,7-12H2/t14-,16+/m0/s1. The Labute approximate surface area is 136 Å². The van der Waals surface area contributed by atoms with E-state index in [0.29, 0.717) is 25.7 Å².